The van der Waals surface area contributed by atoms with Crippen molar-refractivity contribution >= 4 is 39.4 Å². The first-order valence-electron chi connectivity index (χ1n) is 10.2. The highest BCUT2D eigenvalue weighted by Gasteiger charge is 2.38. The van der Waals surface area contributed by atoms with Crippen LogP contribution in [0.3, 0.4) is 0 Å². The molecule has 0 saturated carbocycles. The zero-order valence-electron chi connectivity index (χ0n) is 18.0. The number of phenolic OH excluding ortho intramolecular Hbond substituents is 1. The van der Waals surface area contributed by atoms with Crippen molar-refractivity contribution < 1.29 is 32.9 Å². The maximum absolute atomic E-state index is 15.5. The van der Waals surface area contributed by atoms with Crippen molar-refractivity contribution in [3.05, 3.63) is 35.6 Å². The van der Waals surface area contributed by atoms with Crippen LogP contribution in [0.5, 0.6) is 5.75 Å². The number of aromatic hydroxyl groups is 1. The van der Waals surface area contributed by atoms with Gasteiger partial charge in [0.15, 0.2) is 5.82 Å². The van der Waals surface area contributed by atoms with Gasteiger partial charge in [-0.3, -0.25) is 13.9 Å². The normalized spacial score (nSPS) is 21.7. The molecular formula is C21H26FN3O6S. The average Bonchev–Trinajstić information content (AvgIpc) is 3.25. The first-order chi connectivity index (χ1) is 14.9. The zero-order chi connectivity index (χ0) is 23.4. The molecule has 2 aliphatic rings. The van der Waals surface area contributed by atoms with Gasteiger partial charge < -0.3 is 14.7 Å². The molecule has 174 valence electrons. The predicted octanol–water partition coefficient (Wildman–Crippen LogP) is 3.93. The summed E-state index contributed by atoms with van der Waals surface area (Å²) in [5.41, 5.74) is -0.238. The van der Waals surface area contributed by atoms with E-state index < -0.39 is 52.4 Å². The van der Waals surface area contributed by atoms with Crippen LogP contribution in [0.4, 0.5) is 14.9 Å². The van der Waals surface area contributed by atoms with E-state index in [1.165, 1.54) is 6.07 Å². The van der Waals surface area contributed by atoms with E-state index in [4.69, 9.17) is 4.74 Å². The molecule has 32 heavy (non-hydrogen) atoms. The second-order valence-electron chi connectivity index (χ2n) is 9.03. The van der Waals surface area contributed by atoms with E-state index in [1.54, 1.807) is 37.8 Å². The number of carbonyl (C=O) groups excluding carboxylic acids is 2. The Labute approximate surface area is 186 Å². The summed E-state index contributed by atoms with van der Waals surface area (Å²) in [6.45, 7) is 5.86. The number of halogens is 1. The second kappa shape index (κ2) is 7.68. The van der Waals surface area contributed by atoms with Crippen LogP contribution in [0.15, 0.2) is 24.3 Å². The highest BCUT2D eigenvalue weighted by Crippen LogP contribution is 2.51. The Hall–Kier alpha value is -2.76. The molecule has 2 aromatic carbocycles. The molecule has 2 aromatic rings. The fraction of sp³-hybridized carbons (Fsp3) is 0.429. The van der Waals surface area contributed by atoms with Crippen molar-refractivity contribution in [3.63, 3.8) is 0 Å². The van der Waals surface area contributed by atoms with Gasteiger partial charge in [0, 0.05) is 24.4 Å². The molecule has 0 bridgehead atoms. The summed E-state index contributed by atoms with van der Waals surface area (Å²) in [5, 5.41) is 10.9. The quantitative estimate of drug-likeness (QED) is 0.528. The molecule has 2 aliphatic heterocycles. The molecule has 0 spiro atoms. The fourth-order valence-electron chi connectivity index (χ4n) is 4.03. The summed E-state index contributed by atoms with van der Waals surface area (Å²) in [7, 11) is -3.78. The maximum Gasteiger partial charge on any atom is 0.410 e. The summed E-state index contributed by atoms with van der Waals surface area (Å²) < 4.78 is 43.8. The minimum Gasteiger partial charge on any atom is -0.506 e. The number of phenols is 1. The number of fused-ring (bicyclic) bond motifs is 1. The molecule has 4 rings (SSSR count). The Kier molecular flexibility index (Phi) is 5.38. The summed E-state index contributed by atoms with van der Waals surface area (Å²) in [6, 6.07) is 6.43. The molecule has 0 radical (unpaired) electrons. The number of anilines is 1. The summed E-state index contributed by atoms with van der Waals surface area (Å²) >= 11 is 0. The smallest absolute Gasteiger partial charge is 0.410 e. The highest BCUT2D eigenvalue weighted by molar-refractivity contribution is 8.24. The van der Waals surface area contributed by atoms with Crippen LogP contribution >= 0.6 is 11.0 Å². The van der Waals surface area contributed by atoms with Gasteiger partial charge >= 0.3 is 6.09 Å². The van der Waals surface area contributed by atoms with Gasteiger partial charge in [-0.2, -0.15) is 0 Å². The van der Waals surface area contributed by atoms with Crippen LogP contribution in [0.25, 0.3) is 10.8 Å². The molecule has 2 amide bonds. The minimum atomic E-state index is -3.78. The van der Waals surface area contributed by atoms with E-state index in [0.717, 1.165) is 9.87 Å². The van der Waals surface area contributed by atoms with Gasteiger partial charge in [-0.05, 0) is 61.2 Å². The number of hydrogen-bond donors (Lipinski definition) is 4. The van der Waals surface area contributed by atoms with E-state index in [2.05, 4.69) is 0 Å². The van der Waals surface area contributed by atoms with Crippen molar-refractivity contribution in [2.45, 2.75) is 38.7 Å². The van der Waals surface area contributed by atoms with Gasteiger partial charge in [-0.15, -0.1) is 0 Å². The molecule has 11 heteroatoms. The van der Waals surface area contributed by atoms with Crippen LogP contribution in [0.1, 0.15) is 38.7 Å². The molecule has 0 aromatic heterocycles. The molecule has 1 atom stereocenters. The Bertz CT molecular complexity index is 1100. The van der Waals surface area contributed by atoms with E-state index in [1.807, 2.05) is 10.8 Å². The summed E-state index contributed by atoms with van der Waals surface area (Å²) in [6.07, 6.45) is 0.290. The number of ether oxygens (including phenoxy) is 1. The van der Waals surface area contributed by atoms with Crippen LogP contribution in [-0.2, 0) is 9.53 Å². The first kappa shape index (κ1) is 22.4. The number of rotatable bonds is 2. The molecular weight excluding hydrogens is 441 g/mol. The SMILES string of the molecule is CC(C)(C)OC(=O)N1CCC(c2ccc3cc(O)c(N4CC(=O)NS4(O)O)c(F)c3c2)C1. The number of benzene rings is 2. The summed E-state index contributed by atoms with van der Waals surface area (Å²) in [5.74, 6) is -2.08. The number of carbonyl (C=O) groups is 2. The number of nitrogens with one attached hydrogen (secondary N) is 1. The molecule has 9 nitrogen and oxygen atoms in total. The maximum atomic E-state index is 15.5. The number of hydrogen-bond acceptors (Lipinski definition) is 7. The van der Waals surface area contributed by atoms with E-state index in [-0.39, 0.29) is 11.3 Å². The van der Waals surface area contributed by atoms with E-state index >= 15 is 4.39 Å². The van der Waals surface area contributed by atoms with Crippen molar-refractivity contribution in [3.8, 4) is 5.75 Å². The zero-order valence-corrected chi connectivity index (χ0v) is 18.8. The highest BCUT2D eigenvalue weighted by atomic mass is 32.3. The van der Waals surface area contributed by atoms with Gasteiger partial charge in [0.1, 0.15) is 23.6 Å². The molecule has 2 heterocycles. The number of amides is 2. The van der Waals surface area contributed by atoms with Crippen molar-refractivity contribution in [2.75, 3.05) is 23.9 Å². The average molecular weight is 468 g/mol. The lowest BCUT2D eigenvalue weighted by molar-refractivity contribution is -0.117. The standard InChI is InChI=1S/C21H26FN3O6S/c1-21(2,3)31-20(28)24-7-6-14(10-24)12-4-5-13-9-16(26)19(18(22)15(13)8-12)25-11-17(27)23-32(25,29)30/h4-5,8-9,14,26,29-30H,6-7,10-11H2,1-3H3,(H,23,27). The van der Waals surface area contributed by atoms with Crippen molar-refractivity contribution in [2.24, 2.45) is 0 Å². The molecule has 1 unspecified atom stereocenters. The lowest BCUT2D eigenvalue weighted by atomic mass is 9.95. The van der Waals surface area contributed by atoms with Gasteiger partial charge in [-0.25, -0.2) is 18.2 Å². The second-order valence-corrected chi connectivity index (χ2v) is 10.7. The molecule has 2 saturated heterocycles. The fourth-order valence-corrected chi connectivity index (χ4v) is 5.23. The lowest BCUT2D eigenvalue weighted by Crippen LogP contribution is -2.35. The monoisotopic (exact) mass is 467 g/mol. The molecule has 0 aliphatic carbocycles. The van der Waals surface area contributed by atoms with Crippen LogP contribution in [-0.4, -0.2) is 56.3 Å². The van der Waals surface area contributed by atoms with E-state index in [9.17, 15) is 23.8 Å². The van der Waals surface area contributed by atoms with Gasteiger partial charge in [0.2, 0.25) is 0 Å². The predicted molar refractivity (Wildman–Crippen MR) is 119 cm³/mol. The van der Waals surface area contributed by atoms with Crippen molar-refractivity contribution in [1.82, 2.24) is 9.62 Å². The van der Waals surface area contributed by atoms with Gasteiger partial charge in [0.25, 0.3) is 5.91 Å². The minimum absolute atomic E-state index is 0.0287. The third-order valence-corrected chi connectivity index (χ3v) is 6.89. The third-order valence-electron chi connectivity index (χ3n) is 5.46. The largest absolute Gasteiger partial charge is 0.506 e. The Morgan fingerprint density at radius 2 is 2.00 bits per heavy atom. The Morgan fingerprint density at radius 1 is 1.28 bits per heavy atom. The van der Waals surface area contributed by atoms with Crippen LogP contribution in [0.2, 0.25) is 0 Å². The third kappa shape index (κ3) is 4.15. The Balaban J connectivity index is 1.65. The number of likely N-dealkylation sites (tertiary alicyclic amines) is 1. The number of nitrogens with zero attached hydrogens (tertiary/aromatic N) is 2. The molecule has 4 N–H and O–H groups in total. The van der Waals surface area contributed by atoms with Gasteiger partial charge in [0.05, 0.1) is 0 Å². The lowest BCUT2D eigenvalue weighted by Gasteiger charge is -2.36. The van der Waals surface area contributed by atoms with Gasteiger partial charge in [-0.1, -0.05) is 12.1 Å². The molecule has 2 fully saturated rings. The van der Waals surface area contributed by atoms with Crippen LogP contribution in [0, 0.1) is 5.82 Å². The topological polar surface area (TPSA) is 123 Å². The first-order valence-corrected chi connectivity index (χ1v) is 11.7. The van der Waals surface area contributed by atoms with Crippen molar-refractivity contribution in [1.29, 1.82) is 0 Å². The van der Waals surface area contributed by atoms with Crippen LogP contribution < -0.4 is 9.03 Å². The Morgan fingerprint density at radius 3 is 2.62 bits per heavy atom. The van der Waals surface area contributed by atoms with E-state index in [0.29, 0.717) is 24.9 Å². The summed E-state index contributed by atoms with van der Waals surface area (Å²) in [4.78, 5) is 25.6.